The standard InChI is InChI=1S/C11H16BrNO2S/c1-2-3-4-9(11(14)15)13-7-8-5-6-10(12)16-8/h5-6,9,13H,2-4,7H2,1H3,(H,14,15). The second-order valence-electron chi connectivity index (χ2n) is 3.62. The number of nitrogens with one attached hydrogen (secondary N) is 1. The number of hydrogen-bond donors (Lipinski definition) is 2. The van der Waals surface area contributed by atoms with Crippen molar-refractivity contribution in [2.75, 3.05) is 0 Å². The Bertz CT molecular complexity index is 340. The molecule has 16 heavy (non-hydrogen) atoms. The Morgan fingerprint density at radius 3 is 2.88 bits per heavy atom. The summed E-state index contributed by atoms with van der Waals surface area (Å²) >= 11 is 5.01. The zero-order valence-electron chi connectivity index (χ0n) is 9.20. The topological polar surface area (TPSA) is 49.3 Å². The van der Waals surface area contributed by atoms with E-state index in [9.17, 15) is 4.79 Å². The molecule has 1 aromatic heterocycles. The van der Waals surface area contributed by atoms with Crippen molar-refractivity contribution in [2.45, 2.75) is 38.8 Å². The molecule has 1 atom stereocenters. The van der Waals surface area contributed by atoms with Crippen molar-refractivity contribution >= 4 is 33.2 Å². The average Bonchev–Trinajstić information content (AvgIpc) is 2.64. The molecule has 0 saturated carbocycles. The third-order valence-electron chi connectivity index (χ3n) is 2.30. The lowest BCUT2D eigenvalue weighted by atomic mass is 10.1. The summed E-state index contributed by atoms with van der Waals surface area (Å²) in [5.74, 6) is -0.760. The van der Waals surface area contributed by atoms with Crippen LogP contribution in [-0.2, 0) is 11.3 Å². The highest BCUT2D eigenvalue weighted by Crippen LogP contribution is 2.21. The van der Waals surface area contributed by atoms with E-state index in [0.717, 1.165) is 21.5 Å². The van der Waals surface area contributed by atoms with Crippen molar-refractivity contribution in [2.24, 2.45) is 0 Å². The van der Waals surface area contributed by atoms with Crippen LogP contribution in [0.4, 0.5) is 0 Å². The molecule has 2 N–H and O–H groups in total. The van der Waals surface area contributed by atoms with E-state index in [1.165, 1.54) is 0 Å². The van der Waals surface area contributed by atoms with E-state index in [4.69, 9.17) is 5.11 Å². The highest BCUT2D eigenvalue weighted by atomic mass is 79.9. The van der Waals surface area contributed by atoms with Crippen LogP contribution in [0.3, 0.4) is 0 Å². The van der Waals surface area contributed by atoms with E-state index in [2.05, 4.69) is 28.2 Å². The molecule has 5 heteroatoms. The summed E-state index contributed by atoms with van der Waals surface area (Å²) in [6, 6.07) is 3.55. The zero-order valence-corrected chi connectivity index (χ0v) is 11.6. The molecule has 0 aliphatic heterocycles. The number of carboxylic acids is 1. The van der Waals surface area contributed by atoms with Gasteiger partial charge in [0.15, 0.2) is 0 Å². The summed E-state index contributed by atoms with van der Waals surface area (Å²) < 4.78 is 1.07. The van der Waals surface area contributed by atoms with Gasteiger partial charge in [0.1, 0.15) is 6.04 Å². The fourth-order valence-electron chi connectivity index (χ4n) is 1.39. The number of aliphatic carboxylic acids is 1. The van der Waals surface area contributed by atoms with Crippen LogP contribution in [0.25, 0.3) is 0 Å². The van der Waals surface area contributed by atoms with Gasteiger partial charge in [0, 0.05) is 11.4 Å². The molecule has 1 unspecified atom stereocenters. The molecular weight excluding hydrogens is 290 g/mol. The fourth-order valence-corrected chi connectivity index (χ4v) is 2.83. The maximum Gasteiger partial charge on any atom is 0.320 e. The maximum atomic E-state index is 11.0. The lowest BCUT2D eigenvalue weighted by Crippen LogP contribution is -2.35. The van der Waals surface area contributed by atoms with E-state index < -0.39 is 12.0 Å². The van der Waals surface area contributed by atoms with E-state index in [1.807, 2.05) is 12.1 Å². The monoisotopic (exact) mass is 305 g/mol. The van der Waals surface area contributed by atoms with Gasteiger partial charge in [-0.1, -0.05) is 19.8 Å². The van der Waals surface area contributed by atoms with Crippen LogP contribution < -0.4 is 5.32 Å². The second kappa shape index (κ2) is 7.04. The number of thiophene rings is 1. The highest BCUT2D eigenvalue weighted by Gasteiger charge is 2.15. The molecule has 0 spiro atoms. The van der Waals surface area contributed by atoms with Crippen LogP contribution in [0.5, 0.6) is 0 Å². The Balaban J connectivity index is 2.40. The number of carboxylic acid groups (broad SMARTS) is 1. The van der Waals surface area contributed by atoms with Gasteiger partial charge in [-0.05, 0) is 34.5 Å². The Labute approximate surface area is 108 Å². The summed E-state index contributed by atoms with van der Waals surface area (Å²) in [6.07, 6.45) is 2.66. The van der Waals surface area contributed by atoms with Crippen molar-refractivity contribution in [1.82, 2.24) is 5.32 Å². The molecule has 90 valence electrons. The second-order valence-corrected chi connectivity index (χ2v) is 6.17. The minimum Gasteiger partial charge on any atom is -0.480 e. The molecule has 0 radical (unpaired) electrons. The molecule has 0 aliphatic carbocycles. The SMILES string of the molecule is CCCCC(NCc1ccc(Br)s1)C(=O)O. The predicted molar refractivity (Wildman–Crippen MR) is 69.8 cm³/mol. The first-order valence-electron chi connectivity index (χ1n) is 5.34. The van der Waals surface area contributed by atoms with Gasteiger partial charge in [-0.25, -0.2) is 0 Å². The van der Waals surface area contributed by atoms with Gasteiger partial charge in [0.25, 0.3) is 0 Å². The van der Waals surface area contributed by atoms with Gasteiger partial charge in [0.05, 0.1) is 3.79 Å². The van der Waals surface area contributed by atoms with E-state index in [1.54, 1.807) is 11.3 Å². The van der Waals surface area contributed by atoms with Crippen LogP contribution >= 0.6 is 27.3 Å². The van der Waals surface area contributed by atoms with E-state index in [-0.39, 0.29) is 0 Å². The third kappa shape index (κ3) is 4.63. The van der Waals surface area contributed by atoms with Crippen molar-refractivity contribution in [1.29, 1.82) is 0 Å². The first-order valence-corrected chi connectivity index (χ1v) is 6.94. The van der Waals surface area contributed by atoms with Crippen LogP contribution in [0.2, 0.25) is 0 Å². The third-order valence-corrected chi connectivity index (χ3v) is 3.92. The van der Waals surface area contributed by atoms with Crippen LogP contribution in [0, 0.1) is 0 Å². The molecule has 0 saturated heterocycles. The Kier molecular flexibility index (Phi) is 6.01. The van der Waals surface area contributed by atoms with Gasteiger partial charge in [-0.3, -0.25) is 10.1 Å². The predicted octanol–water partition coefficient (Wildman–Crippen LogP) is 3.24. The van der Waals surface area contributed by atoms with Crippen molar-refractivity contribution < 1.29 is 9.90 Å². The zero-order chi connectivity index (χ0) is 12.0. The maximum absolute atomic E-state index is 11.0. The Hall–Kier alpha value is -0.390. The number of carbonyl (C=O) groups is 1. The number of rotatable bonds is 7. The van der Waals surface area contributed by atoms with Crippen LogP contribution in [0.1, 0.15) is 31.1 Å². The quantitative estimate of drug-likeness (QED) is 0.813. The van der Waals surface area contributed by atoms with E-state index in [0.29, 0.717) is 13.0 Å². The molecule has 0 aromatic carbocycles. The Morgan fingerprint density at radius 1 is 1.62 bits per heavy atom. The lowest BCUT2D eigenvalue weighted by Gasteiger charge is -2.12. The lowest BCUT2D eigenvalue weighted by molar-refractivity contribution is -0.139. The molecule has 0 amide bonds. The van der Waals surface area contributed by atoms with Gasteiger partial charge in [0.2, 0.25) is 0 Å². The first kappa shape index (κ1) is 13.7. The smallest absolute Gasteiger partial charge is 0.320 e. The molecule has 1 rings (SSSR count). The molecule has 1 heterocycles. The molecular formula is C11H16BrNO2S. The summed E-state index contributed by atoms with van der Waals surface area (Å²) in [7, 11) is 0. The average molecular weight is 306 g/mol. The molecule has 3 nitrogen and oxygen atoms in total. The number of unbranched alkanes of at least 4 members (excludes halogenated alkanes) is 1. The molecule has 0 bridgehead atoms. The minimum absolute atomic E-state index is 0.430. The number of hydrogen-bond acceptors (Lipinski definition) is 3. The van der Waals surface area contributed by atoms with Crippen molar-refractivity contribution in [3.8, 4) is 0 Å². The van der Waals surface area contributed by atoms with Gasteiger partial charge < -0.3 is 5.11 Å². The molecule has 0 fully saturated rings. The van der Waals surface area contributed by atoms with E-state index >= 15 is 0 Å². The van der Waals surface area contributed by atoms with Gasteiger partial charge in [-0.15, -0.1) is 11.3 Å². The minimum atomic E-state index is -0.760. The van der Waals surface area contributed by atoms with Crippen molar-refractivity contribution in [3.63, 3.8) is 0 Å². The van der Waals surface area contributed by atoms with Gasteiger partial charge >= 0.3 is 5.97 Å². The normalized spacial score (nSPS) is 12.6. The van der Waals surface area contributed by atoms with Crippen LogP contribution in [0.15, 0.2) is 15.9 Å². The van der Waals surface area contributed by atoms with Gasteiger partial charge in [-0.2, -0.15) is 0 Å². The summed E-state index contributed by atoms with van der Waals surface area (Å²) in [4.78, 5) is 12.1. The Morgan fingerprint density at radius 2 is 2.38 bits per heavy atom. The summed E-state index contributed by atoms with van der Waals surface area (Å²) in [5, 5.41) is 12.1. The fraction of sp³-hybridized carbons (Fsp3) is 0.545. The first-order chi connectivity index (χ1) is 7.63. The largest absolute Gasteiger partial charge is 0.480 e. The highest BCUT2D eigenvalue weighted by molar-refractivity contribution is 9.11. The summed E-state index contributed by atoms with van der Waals surface area (Å²) in [6.45, 7) is 2.69. The number of halogens is 1. The summed E-state index contributed by atoms with van der Waals surface area (Å²) in [5.41, 5.74) is 0. The van der Waals surface area contributed by atoms with Crippen LogP contribution in [-0.4, -0.2) is 17.1 Å². The molecule has 0 aliphatic rings. The van der Waals surface area contributed by atoms with Crippen molar-refractivity contribution in [3.05, 3.63) is 20.8 Å². The molecule has 1 aromatic rings.